The number of alkyl halides is 4. The Morgan fingerprint density at radius 2 is 1.60 bits per heavy atom. The molecule has 0 saturated heterocycles. The lowest BCUT2D eigenvalue weighted by Crippen LogP contribution is -2.48. The van der Waals surface area contributed by atoms with Crippen molar-refractivity contribution in [2.24, 2.45) is 11.8 Å². The zero-order valence-corrected chi connectivity index (χ0v) is 29.0. The molecule has 1 heterocycles. The normalized spacial score (nSPS) is 17.4. The first-order valence-electron chi connectivity index (χ1n) is 15.7. The Morgan fingerprint density at radius 1 is 0.980 bits per heavy atom. The smallest absolute Gasteiger partial charge is 0.411 e. The van der Waals surface area contributed by atoms with Crippen molar-refractivity contribution in [3.05, 3.63) is 64.4 Å². The molecule has 1 aliphatic carbocycles. The number of halogens is 5. The van der Waals surface area contributed by atoms with Crippen molar-refractivity contribution >= 4 is 45.5 Å². The van der Waals surface area contributed by atoms with Crippen LogP contribution in [-0.2, 0) is 31.5 Å². The van der Waals surface area contributed by atoms with Gasteiger partial charge in [-0.2, -0.15) is 22.7 Å². The number of carboxylic acids is 1. The van der Waals surface area contributed by atoms with Crippen LogP contribution in [0.2, 0.25) is 0 Å². The van der Waals surface area contributed by atoms with E-state index in [-0.39, 0.29) is 35.4 Å². The molecular formula is C33H37BrF4N6O6. The summed E-state index contributed by atoms with van der Waals surface area (Å²) in [6.45, 7) is 5.77. The summed E-state index contributed by atoms with van der Waals surface area (Å²) in [6.07, 6.45) is 2.23. The number of carbonyl (C=O) groups is 4. The van der Waals surface area contributed by atoms with Gasteiger partial charge in [0.1, 0.15) is 11.6 Å². The molecule has 3 amide bonds. The van der Waals surface area contributed by atoms with Gasteiger partial charge in [0.05, 0.1) is 0 Å². The third-order valence-electron chi connectivity index (χ3n) is 7.99. The quantitative estimate of drug-likeness (QED) is 0.139. The van der Waals surface area contributed by atoms with Gasteiger partial charge >= 0.3 is 23.9 Å². The lowest BCUT2D eigenvalue weighted by Gasteiger charge is -2.29. The van der Waals surface area contributed by atoms with Crippen LogP contribution < -0.4 is 16.0 Å². The fourth-order valence-corrected chi connectivity index (χ4v) is 5.54. The number of H-pyrrole nitrogens is 1. The zero-order valence-electron chi connectivity index (χ0n) is 27.4. The summed E-state index contributed by atoms with van der Waals surface area (Å²) in [6, 6.07) is 11.8. The van der Waals surface area contributed by atoms with E-state index in [4.69, 9.17) is 9.84 Å². The molecular weight excluding hydrogens is 732 g/mol. The minimum atomic E-state index is -5.43. The van der Waals surface area contributed by atoms with Crippen molar-refractivity contribution in [1.29, 1.82) is 0 Å². The fraction of sp³-hybridized carbons (Fsp3) is 0.455. The lowest BCUT2D eigenvalue weighted by atomic mass is 9.81. The Morgan fingerprint density at radius 3 is 2.18 bits per heavy atom. The van der Waals surface area contributed by atoms with E-state index < -0.39 is 53.1 Å². The molecule has 1 aliphatic rings. The molecule has 17 heteroatoms. The van der Waals surface area contributed by atoms with E-state index in [1.54, 1.807) is 25.9 Å². The van der Waals surface area contributed by atoms with E-state index in [9.17, 15) is 36.7 Å². The molecule has 1 saturated carbocycles. The maximum Gasteiger partial charge on any atom is 0.411 e. The highest BCUT2D eigenvalue weighted by atomic mass is 79.9. The van der Waals surface area contributed by atoms with E-state index in [1.165, 1.54) is 24.3 Å². The number of anilines is 1. The third-order valence-corrected chi connectivity index (χ3v) is 8.52. The summed E-state index contributed by atoms with van der Waals surface area (Å²) >= 11 is 3.38. The molecule has 12 nitrogen and oxygen atoms in total. The highest BCUT2D eigenvalue weighted by Crippen LogP contribution is 2.42. The van der Waals surface area contributed by atoms with E-state index in [0.29, 0.717) is 32.2 Å². The molecule has 0 bridgehead atoms. The zero-order chi connectivity index (χ0) is 36.9. The molecule has 270 valence electrons. The van der Waals surface area contributed by atoms with Gasteiger partial charge in [-0.1, -0.05) is 28.1 Å². The van der Waals surface area contributed by atoms with Crippen LogP contribution in [-0.4, -0.2) is 68.3 Å². The maximum absolute atomic E-state index is 14.1. The van der Waals surface area contributed by atoms with E-state index in [0.717, 1.165) is 10.0 Å². The number of carbonyl (C=O) groups excluding carboxylic acids is 3. The average molecular weight is 770 g/mol. The van der Waals surface area contributed by atoms with Crippen molar-refractivity contribution in [3.63, 3.8) is 0 Å². The number of amides is 3. The maximum atomic E-state index is 14.1. The SMILES string of the molecule is CC(C)(C)OC(=O)NCC1CCC(C(=O)NC(Cc2ccc(Br)cc2)C(=O)Nc2ccc(-c3n[nH]c(C(F)(F)C(F)(F)C(=O)O)n3)cc2)CC1. The molecule has 2 aromatic carbocycles. The Labute approximate surface area is 293 Å². The summed E-state index contributed by atoms with van der Waals surface area (Å²) in [5.41, 5.74) is 0.553. The number of aromatic nitrogens is 3. The Bertz CT molecular complexity index is 1670. The average Bonchev–Trinajstić information content (AvgIpc) is 3.55. The van der Waals surface area contributed by atoms with Gasteiger partial charge in [-0.15, -0.1) is 0 Å². The first-order chi connectivity index (χ1) is 23.4. The van der Waals surface area contributed by atoms with E-state index >= 15 is 0 Å². The standard InChI is InChI=1S/C33H37BrF4N6O6/c1-31(2,3)50-30(49)39-17-19-4-8-21(9-5-19)26(45)41-24(16-18-6-12-22(34)13-7-18)27(46)40-23-14-10-20(11-15-23)25-42-28(44-43-25)32(35,36)33(37,38)29(47)48/h6-7,10-15,19,21,24H,4-5,8-9,16-17H2,1-3H3,(H,39,49)(H,40,46)(H,41,45)(H,47,48)(H,42,43,44). The van der Waals surface area contributed by atoms with Crippen molar-refractivity contribution < 1.29 is 46.6 Å². The molecule has 50 heavy (non-hydrogen) atoms. The summed E-state index contributed by atoms with van der Waals surface area (Å²) in [5, 5.41) is 22.1. The second-order valence-electron chi connectivity index (χ2n) is 13.0. The Balaban J connectivity index is 1.39. The van der Waals surface area contributed by atoms with Gasteiger partial charge in [-0.05, 0) is 94.3 Å². The van der Waals surface area contributed by atoms with Crippen LogP contribution in [0.1, 0.15) is 57.8 Å². The largest absolute Gasteiger partial charge is 0.477 e. The van der Waals surface area contributed by atoms with Gasteiger partial charge in [0, 0.05) is 34.6 Å². The summed E-state index contributed by atoms with van der Waals surface area (Å²) < 4.78 is 61.6. The molecule has 1 aromatic heterocycles. The topological polar surface area (TPSA) is 175 Å². The number of nitrogens with one attached hydrogen (secondary N) is 4. The molecule has 1 fully saturated rings. The number of rotatable bonds is 12. The minimum Gasteiger partial charge on any atom is -0.477 e. The first-order valence-corrected chi connectivity index (χ1v) is 16.5. The second-order valence-corrected chi connectivity index (χ2v) is 13.9. The second kappa shape index (κ2) is 15.6. The number of benzene rings is 2. The van der Waals surface area contributed by atoms with Crippen molar-refractivity contribution in [2.75, 3.05) is 11.9 Å². The Kier molecular flexibility index (Phi) is 11.9. The third kappa shape index (κ3) is 9.79. The number of hydrogen-bond acceptors (Lipinski definition) is 7. The number of aromatic amines is 1. The molecule has 3 aromatic rings. The Hall–Kier alpha value is -4.54. The molecule has 0 spiro atoms. The van der Waals surface area contributed by atoms with Crippen LogP contribution in [0.4, 0.5) is 28.0 Å². The number of hydrogen-bond donors (Lipinski definition) is 5. The predicted octanol–water partition coefficient (Wildman–Crippen LogP) is 6.04. The van der Waals surface area contributed by atoms with Crippen LogP contribution in [0.5, 0.6) is 0 Å². The number of nitrogens with zero attached hydrogens (tertiary/aromatic N) is 2. The monoisotopic (exact) mass is 768 g/mol. The van der Waals surface area contributed by atoms with Crippen molar-refractivity contribution in [1.82, 2.24) is 25.8 Å². The minimum absolute atomic E-state index is 0.108. The van der Waals surface area contributed by atoms with Crippen LogP contribution >= 0.6 is 15.9 Å². The predicted molar refractivity (Wildman–Crippen MR) is 176 cm³/mol. The fourth-order valence-electron chi connectivity index (χ4n) is 5.27. The van der Waals surface area contributed by atoms with Gasteiger partial charge in [-0.25, -0.2) is 14.6 Å². The number of alkyl carbamates (subject to hydrolysis) is 1. The highest BCUT2D eigenvalue weighted by Gasteiger charge is 2.65. The molecule has 0 radical (unpaired) electrons. The summed E-state index contributed by atoms with van der Waals surface area (Å²) in [5.74, 6) is -16.6. The van der Waals surface area contributed by atoms with Crippen molar-refractivity contribution in [3.8, 4) is 11.4 Å². The van der Waals surface area contributed by atoms with E-state index in [1.807, 2.05) is 24.3 Å². The van der Waals surface area contributed by atoms with Gasteiger partial charge in [-0.3, -0.25) is 14.7 Å². The van der Waals surface area contributed by atoms with E-state index in [2.05, 4.69) is 42.0 Å². The first kappa shape index (κ1) is 38.3. The highest BCUT2D eigenvalue weighted by molar-refractivity contribution is 9.10. The molecule has 1 atom stereocenters. The van der Waals surface area contributed by atoms with Crippen LogP contribution in [0, 0.1) is 11.8 Å². The lowest BCUT2D eigenvalue weighted by molar-refractivity contribution is -0.231. The van der Waals surface area contributed by atoms with Crippen LogP contribution in [0.3, 0.4) is 0 Å². The van der Waals surface area contributed by atoms with Gasteiger partial charge < -0.3 is 25.8 Å². The van der Waals surface area contributed by atoms with Crippen molar-refractivity contribution in [2.45, 2.75) is 76.4 Å². The molecule has 4 rings (SSSR count). The molecule has 0 aliphatic heterocycles. The van der Waals surface area contributed by atoms with Crippen LogP contribution in [0.15, 0.2) is 53.0 Å². The van der Waals surface area contributed by atoms with Crippen LogP contribution in [0.25, 0.3) is 11.4 Å². The summed E-state index contributed by atoms with van der Waals surface area (Å²) in [4.78, 5) is 52.9. The van der Waals surface area contributed by atoms with Gasteiger partial charge in [0.15, 0.2) is 5.82 Å². The number of ether oxygens (including phenoxy) is 1. The molecule has 1 unspecified atom stereocenters. The van der Waals surface area contributed by atoms with Gasteiger partial charge in [0.2, 0.25) is 17.6 Å². The molecule has 5 N–H and O–H groups in total. The number of carboxylic acid groups (broad SMARTS) is 1. The summed E-state index contributed by atoms with van der Waals surface area (Å²) in [7, 11) is 0. The van der Waals surface area contributed by atoms with Gasteiger partial charge in [0.25, 0.3) is 0 Å². The number of aliphatic carboxylic acids is 1.